The van der Waals surface area contributed by atoms with E-state index < -0.39 is 5.60 Å². The van der Waals surface area contributed by atoms with Gasteiger partial charge in [-0.05, 0) is 77.6 Å². The number of nitrogens with one attached hydrogen (secondary N) is 2. The van der Waals surface area contributed by atoms with Crippen molar-refractivity contribution >= 4 is 11.8 Å². The summed E-state index contributed by atoms with van der Waals surface area (Å²) in [7, 11) is 0. The van der Waals surface area contributed by atoms with E-state index in [9.17, 15) is 4.79 Å². The van der Waals surface area contributed by atoms with Crippen LogP contribution in [-0.4, -0.2) is 30.4 Å². The summed E-state index contributed by atoms with van der Waals surface area (Å²) in [6.07, 6.45) is 3.69. The van der Waals surface area contributed by atoms with Crippen molar-refractivity contribution in [3.05, 3.63) is 24.3 Å². The summed E-state index contributed by atoms with van der Waals surface area (Å²) in [6, 6.07) is 8.73. The number of ether oxygens (including phenoxy) is 2. The molecular formula is C19H30N2O3. The average Bonchev–Trinajstić information content (AvgIpc) is 2.49. The van der Waals surface area contributed by atoms with Crippen LogP contribution in [0.2, 0.25) is 0 Å². The van der Waals surface area contributed by atoms with Crippen LogP contribution in [-0.2, 0) is 4.74 Å². The second kappa shape index (κ2) is 8.27. The summed E-state index contributed by atoms with van der Waals surface area (Å²) in [6.45, 7) is 8.30. The predicted octanol–water partition coefficient (Wildman–Crippen LogP) is 4.33. The lowest BCUT2D eigenvalue weighted by molar-refractivity contribution is 0.0492. The van der Waals surface area contributed by atoms with Crippen LogP contribution in [0.15, 0.2) is 24.3 Å². The Hall–Kier alpha value is -1.91. The summed E-state index contributed by atoms with van der Waals surface area (Å²) in [5.41, 5.74) is 0.665. The van der Waals surface area contributed by atoms with Gasteiger partial charge < -0.3 is 20.1 Å². The van der Waals surface area contributed by atoms with Crippen molar-refractivity contribution in [1.82, 2.24) is 5.32 Å². The smallest absolute Gasteiger partial charge is 0.407 e. The number of hydrogen-bond acceptors (Lipinski definition) is 4. The molecule has 24 heavy (non-hydrogen) atoms. The Morgan fingerprint density at radius 3 is 2.21 bits per heavy atom. The molecule has 134 valence electrons. The highest BCUT2D eigenvalue weighted by atomic mass is 16.6. The van der Waals surface area contributed by atoms with Gasteiger partial charge in [-0.2, -0.15) is 0 Å². The van der Waals surface area contributed by atoms with Gasteiger partial charge in [-0.15, -0.1) is 0 Å². The molecule has 1 aliphatic carbocycles. The second-order valence-electron chi connectivity index (χ2n) is 7.30. The molecule has 1 fully saturated rings. The molecule has 1 aliphatic rings. The summed E-state index contributed by atoms with van der Waals surface area (Å²) in [5, 5.41) is 6.54. The first kappa shape index (κ1) is 18.4. The van der Waals surface area contributed by atoms with E-state index in [2.05, 4.69) is 22.8 Å². The molecule has 0 bridgehead atoms. The molecule has 0 radical (unpaired) electrons. The van der Waals surface area contributed by atoms with E-state index in [1.165, 1.54) is 0 Å². The minimum absolute atomic E-state index is 0.207. The van der Waals surface area contributed by atoms with Crippen LogP contribution < -0.4 is 15.4 Å². The molecule has 0 heterocycles. The molecule has 2 rings (SSSR count). The number of alkyl carbamates (subject to hydrolysis) is 1. The minimum Gasteiger partial charge on any atom is -0.494 e. The van der Waals surface area contributed by atoms with E-state index in [1.807, 2.05) is 39.8 Å². The fourth-order valence-electron chi connectivity index (χ4n) is 2.91. The summed E-state index contributed by atoms with van der Waals surface area (Å²) in [5.74, 6) is 0.897. The van der Waals surface area contributed by atoms with Crippen molar-refractivity contribution in [2.75, 3.05) is 11.9 Å². The summed E-state index contributed by atoms with van der Waals surface area (Å²) < 4.78 is 10.8. The average molecular weight is 334 g/mol. The van der Waals surface area contributed by atoms with Crippen LogP contribution in [0.3, 0.4) is 0 Å². The molecule has 0 atom stereocenters. The van der Waals surface area contributed by atoms with Crippen LogP contribution in [0.4, 0.5) is 10.5 Å². The first-order valence-corrected chi connectivity index (χ1v) is 8.84. The van der Waals surface area contributed by atoms with Crippen molar-refractivity contribution in [3.63, 3.8) is 0 Å². The Labute approximate surface area is 145 Å². The third-order valence-corrected chi connectivity index (χ3v) is 3.98. The van der Waals surface area contributed by atoms with Gasteiger partial charge in [0, 0.05) is 17.8 Å². The number of hydrogen-bond donors (Lipinski definition) is 2. The van der Waals surface area contributed by atoms with Crippen molar-refractivity contribution in [2.45, 2.75) is 71.1 Å². The van der Waals surface area contributed by atoms with Crippen LogP contribution >= 0.6 is 0 Å². The molecule has 0 saturated heterocycles. The van der Waals surface area contributed by atoms with E-state index in [0.717, 1.165) is 37.1 Å². The maximum atomic E-state index is 11.8. The molecular weight excluding hydrogens is 304 g/mol. The van der Waals surface area contributed by atoms with Gasteiger partial charge in [0.25, 0.3) is 0 Å². The number of carbonyl (C=O) groups excluding carboxylic acids is 1. The van der Waals surface area contributed by atoms with Gasteiger partial charge in [0.1, 0.15) is 11.4 Å². The van der Waals surface area contributed by atoms with Gasteiger partial charge in [0.05, 0.1) is 6.61 Å². The van der Waals surface area contributed by atoms with E-state index in [4.69, 9.17) is 9.47 Å². The summed E-state index contributed by atoms with van der Waals surface area (Å²) >= 11 is 0. The Morgan fingerprint density at radius 1 is 1.08 bits per heavy atom. The molecule has 5 nitrogen and oxygen atoms in total. The summed E-state index contributed by atoms with van der Waals surface area (Å²) in [4.78, 5) is 11.8. The number of carbonyl (C=O) groups is 1. The molecule has 1 saturated carbocycles. The van der Waals surface area contributed by atoms with Gasteiger partial charge in [-0.3, -0.25) is 0 Å². The largest absolute Gasteiger partial charge is 0.494 e. The van der Waals surface area contributed by atoms with Crippen LogP contribution in [0, 0.1) is 0 Å². The topological polar surface area (TPSA) is 59.6 Å². The van der Waals surface area contributed by atoms with E-state index in [-0.39, 0.29) is 12.1 Å². The molecule has 2 N–H and O–H groups in total. The standard InChI is InChI=1S/C19H30N2O3/c1-5-23-17-12-10-15(11-13-17)20-14-6-8-16(9-7-14)21-18(22)24-19(2,3)4/h10-14,16,20H,5-9H2,1-4H3,(H,21,22). The SMILES string of the molecule is CCOc1ccc(NC2CCC(NC(=O)OC(C)(C)C)CC2)cc1. The maximum Gasteiger partial charge on any atom is 0.407 e. The molecule has 0 unspecified atom stereocenters. The Morgan fingerprint density at radius 2 is 1.67 bits per heavy atom. The number of rotatable bonds is 5. The Kier molecular flexibility index (Phi) is 6.35. The molecule has 1 aromatic rings. The molecule has 1 aromatic carbocycles. The first-order valence-electron chi connectivity index (χ1n) is 8.84. The Bertz CT molecular complexity index is 514. The number of benzene rings is 1. The monoisotopic (exact) mass is 334 g/mol. The maximum absolute atomic E-state index is 11.8. The lowest BCUT2D eigenvalue weighted by Crippen LogP contribution is -2.42. The fourth-order valence-corrected chi connectivity index (χ4v) is 2.91. The molecule has 1 amide bonds. The van der Waals surface area contributed by atoms with Crippen LogP contribution in [0.1, 0.15) is 53.4 Å². The predicted molar refractivity (Wildman–Crippen MR) is 96.6 cm³/mol. The van der Waals surface area contributed by atoms with Crippen molar-refractivity contribution in [2.24, 2.45) is 0 Å². The van der Waals surface area contributed by atoms with Crippen molar-refractivity contribution < 1.29 is 14.3 Å². The molecule has 5 heteroatoms. The molecule has 0 spiro atoms. The minimum atomic E-state index is -0.448. The van der Waals surface area contributed by atoms with E-state index in [1.54, 1.807) is 0 Å². The van der Waals surface area contributed by atoms with Crippen molar-refractivity contribution in [1.29, 1.82) is 0 Å². The lowest BCUT2D eigenvalue weighted by atomic mass is 9.91. The van der Waals surface area contributed by atoms with E-state index >= 15 is 0 Å². The van der Waals surface area contributed by atoms with Gasteiger partial charge >= 0.3 is 6.09 Å². The highest BCUT2D eigenvalue weighted by molar-refractivity contribution is 5.68. The molecule has 0 aliphatic heterocycles. The first-order chi connectivity index (χ1) is 11.4. The Balaban J connectivity index is 1.73. The zero-order valence-corrected chi connectivity index (χ0v) is 15.2. The number of anilines is 1. The van der Waals surface area contributed by atoms with Crippen LogP contribution in [0.25, 0.3) is 0 Å². The third kappa shape index (κ3) is 6.30. The highest BCUT2D eigenvalue weighted by Crippen LogP contribution is 2.24. The van der Waals surface area contributed by atoms with Gasteiger partial charge in [0.15, 0.2) is 0 Å². The number of amides is 1. The highest BCUT2D eigenvalue weighted by Gasteiger charge is 2.24. The van der Waals surface area contributed by atoms with Gasteiger partial charge in [-0.1, -0.05) is 0 Å². The third-order valence-electron chi connectivity index (χ3n) is 3.98. The zero-order valence-electron chi connectivity index (χ0n) is 15.2. The fraction of sp³-hybridized carbons (Fsp3) is 0.632. The van der Waals surface area contributed by atoms with Crippen LogP contribution in [0.5, 0.6) is 5.75 Å². The lowest BCUT2D eigenvalue weighted by Gasteiger charge is -2.31. The quantitative estimate of drug-likeness (QED) is 0.841. The zero-order chi connectivity index (χ0) is 17.6. The van der Waals surface area contributed by atoms with Gasteiger partial charge in [-0.25, -0.2) is 4.79 Å². The molecule has 0 aromatic heterocycles. The van der Waals surface area contributed by atoms with Crippen molar-refractivity contribution in [3.8, 4) is 5.75 Å². The normalized spacial score (nSPS) is 21.0. The van der Waals surface area contributed by atoms with E-state index in [0.29, 0.717) is 12.6 Å². The van der Waals surface area contributed by atoms with Gasteiger partial charge in [0.2, 0.25) is 0 Å². The second-order valence-corrected chi connectivity index (χ2v) is 7.30.